The Morgan fingerprint density at radius 1 is 1.69 bits per heavy atom. The summed E-state index contributed by atoms with van der Waals surface area (Å²) in [5, 5.41) is -1.11. The Morgan fingerprint density at radius 3 is 2.46 bits per heavy atom. The zero-order valence-electron chi connectivity index (χ0n) is 6.56. The van der Waals surface area contributed by atoms with Gasteiger partial charge in [-0.05, 0) is 6.92 Å². The van der Waals surface area contributed by atoms with Gasteiger partial charge in [0.2, 0.25) is 0 Å². The number of hydrogen-bond donors (Lipinski definition) is 1. The molecule has 0 aliphatic carbocycles. The summed E-state index contributed by atoms with van der Waals surface area (Å²) in [7, 11) is -4.12. The summed E-state index contributed by atoms with van der Waals surface area (Å²) in [4.78, 5) is 10.4. The Hall–Kier alpha value is 0.756. The predicted octanol–water partition coefficient (Wildman–Crippen LogP) is -0.657. The average molecular weight is 234 g/mol. The van der Waals surface area contributed by atoms with Crippen molar-refractivity contribution in [3.05, 3.63) is 12.7 Å². The van der Waals surface area contributed by atoms with Crippen LogP contribution in [-0.2, 0) is 19.6 Å². The Bertz CT molecular complexity index is 271. The summed E-state index contributed by atoms with van der Waals surface area (Å²) in [5.41, 5.74) is 0. The maximum absolute atomic E-state index is 10.4. The van der Waals surface area contributed by atoms with E-state index in [9.17, 15) is 13.2 Å². The second-order valence-electron chi connectivity index (χ2n) is 2.16. The third-order valence-electron chi connectivity index (χ3n) is 1.14. The van der Waals surface area contributed by atoms with Gasteiger partial charge in [0.15, 0.2) is 0 Å². The van der Waals surface area contributed by atoms with E-state index in [-0.39, 0.29) is 58.0 Å². The topological polar surface area (TPSA) is 80.7 Å². The van der Waals surface area contributed by atoms with E-state index in [0.717, 1.165) is 6.08 Å². The quantitative estimate of drug-likeness (QED) is 0.302. The molecule has 0 heterocycles. The van der Waals surface area contributed by atoms with Gasteiger partial charge in [0.1, 0.15) is 11.9 Å². The third kappa shape index (κ3) is 7.80. The van der Waals surface area contributed by atoms with Crippen LogP contribution < -0.4 is 0 Å². The van der Waals surface area contributed by atoms with Crippen molar-refractivity contribution in [1.29, 1.82) is 0 Å². The van der Waals surface area contributed by atoms with Crippen LogP contribution in [-0.4, -0.2) is 82.2 Å². The second-order valence-corrected chi connectivity index (χ2v) is 3.99. The Morgan fingerprint density at radius 2 is 2.15 bits per heavy atom. The number of carbonyl (C=O) groups is 1. The molecule has 7 heteroatoms. The summed E-state index contributed by atoms with van der Waals surface area (Å²) in [6.45, 7) is 3.97. The standard InChI is InChI=1S/C6H10O5S.K.H/c1-3-6(7)11-4-5(2)12(8,9)10;;/h3,5H,1,4H2,2H3,(H,8,9,10);;. The summed E-state index contributed by atoms with van der Waals surface area (Å²) in [6, 6.07) is 0. The summed E-state index contributed by atoms with van der Waals surface area (Å²) < 4.78 is 33.6. The molecule has 72 valence electrons. The molecule has 1 unspecified atom stereocenters. The molecule has 0 aromatic carbocycles. The second kappa shape index (κ2) is 7.10. The van der Waals surface area contributed by atoms with Crippen molar-refractivity contribution in [3.63, 3.8) is 0 Å². The van der Waals surface area contributed by atoms with E-state index in [1.807, 2.05) is 0 Å². The van der Waals surface area contributed by atoms with Crippen LogP contribution >= 0.6 is 0 Å². The van der Waals surface area contributed by atoms with Gasteiger partial charge in [0.25, 0.3) is 10.1 Å². The van der Waals surface area contributed by atoms with E-state index in [1.54, 1.807) is 0 Å². The molecule has 0 saturated heterocycles. The minimum atomic E-state index is -4.12. The SMILES string of the molecule is C=CC(=O)OCC(C)S(=O)(=O)O.[KH]. The van der Waals surface area contributed by atoms with Gasteiger partial charge >= 0.3 is 57.4 Å². The summed E-state index contributed by atoms with van der Waals surface area (Å²) in [6.07, 6.45) is 0.913. The fraction of sp³-hybridized carbons (Fsp3) is 0.500. The van der Waals surface area contributed by atoms with E-state index in [1.165, 1.54) is 6.92 Å². The van der Waals surface area contributed by atoms with Crippen molar-refractivity contribution >= 4 is 67.5 Å². The van der Waals surface area contributed by atoms with Crippen LogP contribution in [0.2, 0.25) is 0 Å². The molecule has 0 radical (unpaired) electrons. The summed E-state index contributed by atoms with van der Waals surface area (Å²) >= 11 is 0. The molecule has 0 aliphatic rings. The molecule has 0 bridgehead atoms. The number of ether oxygens (including phenoxy) is 1. The Labute approximate surface area is 120 Å². The van der Waals surface area contributed by atoms with Gasteiger partial charge < -0.3 is 4.74 Å². The van der Waals surface area contributed by atoms with Crippen LogP contribution in [0.1, 0.15) is 6.92 Å². The minimum absolute atomic E-state index is 0. The van der Waals surface area contributed by atoms with Crippen LogP contribution in [0.25, 0.3) is 0 Å². The number of esters is 1. The average Bonchev–Trinajstić information content (AvgIpc) is 1.97. The first-order valence-electron chi connectivity index (χ1n) is 3.13. The number of carbonyl (C=O) groups excluding carboxylic acids is 1. The van der Waals surface area contributed by atoms with Crippen molar-refractivity contribution < 1.29 is 22.5 Å². The van der Waals surface area contributed by atoms with Crippen LogP contribution in [0, 0.1) is 0 Å². The van der Waals surface area contributed by atoms with E-state index in [2.05, 4.69) is 11.3 Å². The first-order chi connectivity index (χ1) is 5.38. The molecule has 1 N–H and O–H groups in total. The molecule has 1 atom stereocenters. The normalized spacial score (nSPS) is 12.5. The zero-order chi connectivity index (χ0) is 9.78. The molecule has 0 aromatic heterocycles. The molecule has 0 saturated carbocycles. The van der Waals surface area contributed by atoms with Gasteiger partial charge in [-0.25, -0.2) is 4.79 Å². The molecule has 13 heavy (non-hydrogen) atoms. The molecule has 0 fully saturated rings. The van der Waals surface area contributed by atoms with Crippen molar-refractivity contribution in [2.24, 2.45) is 0 Å². The van der Waals surface area contributed by atoms with Crippen LogP contribution in [0.4, 0.5) is 0 Å². The van der Waals surface area contributed by atoms with E-state index in [4.69, 9.17) is 4.55 Å². The molecule has 0 amide bonds. The van der Waals surface area contributed by atoms with Gasteiger partial charge in [-0.3, -0.25) is 4.55 Å². The fourth-order valence-corrected chi connectivity index (χ4v) is 0.584. The van der Waals surface area contributed by atoms with Gasteiger partial charge in [-0.15, -0.1) is 0 Å². The van der Waals surface area contributed by atoms with Gasteiger partial charge in [-0.2, -0.15) is 8.42 Å². The predicted molar refractivity (Wildman–Crippen MR) is 49.3 cm³/mol. The van der Waals surface area contributed by atoms with Gasteiger partial charge in [0.05, 0.1) is 0 Å². The Balaban J connectivity index is 0. The molecular weight excluding hydrogens is 223 g/mol. The number of hydrogen-bond acceptors (Lipinski definition) is 4. The van der Waals surface area contributed by atoms with Crippen LogP contribution in [0.3, 0.4) is 0 Å². The van der Waals surface area contributed by atoms with Crippen molar-refractivity contribution in [2.75, 3.05) is 6.61 Å². The van der Waals surface area contributed by atoms with Crippen molar-refractivity contribution in [2.45, 2.75) is 12.2 Å². The number of rotatable bonds is 4. The van der Waals surface area contributed by atoms with Crippen LogP contribution in [0.15, 0.2) is 12.7 Å². The van der Waals surface area contributed by atoms with Gasteiger partial charge in [0, 0.05) is 6.08 Å². The van der Waals surface area contributed by atoms with E-state index >= 15 is 0 Å². The molecule has 0 aromatic rings. The third-order valence-corrected chi connectivity index (χ3v) is 2.29. The first kappa shape index (κ1) is 16.2. The van der Waals surface area contributed by atoms with E-state index in [0.29, 0.717) is 0 Å². The maximum atomic E-state index is 10.4. The van der Waals surface area contributed by atoms with Crippen molar-refractivity contribution in [1.82, 2.24) is 0 Å². The van der Waals surface area contributed by atoms with Gasteiger partial charge in [-0.1, -0.05) is 6.58 Å². The fourth-order valence-electron chi connectivity index (χ4n) is 0.344. The van der Waals surface area contributed by atoms with Crippen molar-refractivity contribution in [3.8, 4) is 0 Å². The zero-order valence-corrected chi connectivity index (χ0v) is 7.37. The summed E-state index contributed by atoms with van der Waals surface area (Å²) in [5.74, 6) is -0.717. The molecule has 0 rings (SSSR count). The molecule has 0 aliphatic heterocycles. The monoisotopic (exact) mass is 234 g/mol. The Kier molecular flexibility index (Phi) is 8.85. The first-order valence-corrected chi connectivity index (χ1v) is 4.63. The van der Waals surface area contributed by atoms with E-state index < -0.39 is 21.3 Å². The molecule has 5 nitrogen and oxygen atoms in total. The molecular formula is C6H11KO5S. The molecule has 0 spiro atoms. The van der Waals surface area contributed by atoms with Crippen LogP contribution in [0.5, 0.6) is 0 Å².